The van der Waals surface area contributed by atoms with Crippen LogP contribution in [-0.4, -0.2) is 11.9 Å². The third-order valence-electron chi connectivity index (χ3n) is 3.89. The number of amides is 3. The molecule has 1 aliphatic carbocycles. The van der Waals surface area contributed by atoms with Gasteiger partial charge in [-0.05, 0) is 35.6 Å². The van der Waals surface area contributed by atoms with Crippen LogP contribution in [0.5, 0.6) is 0 Å². The van der Waals surface area contributed by atoms with E-state index in [0.717, 1.165) is 22.0 Å². The van der Waals surface area contributed by atoms with E-state index in [0.29, 0.717) is 5.92 Å². The summed E-state index contributed by atoms with van der Waals surface area (Å²) in [5.41, 5.74) is 0.549. The van der Waals surface area contributed by atoms with Gasteiger partial charge in [-0.15, -0.1) is 0 Å². The Bertz CT molecular complexity index is 681. The Balaban J connectivity index is 2.17. The number of carbonyl (C=O) groups is 2. The number of halogens is 1. The van der Waals surface area contributed by atoms with Crippen molar-refractivity contribution in [3.05, 3.63) is 58.1 Å². The number of allylic oxidation sites excluding steroid dienone is 3. The van der Waals surface area contributed by atoms with Gasteiger partial charge in [0.25, 0.3) is 5.91 Å². The Morgan fingerprint density at radius 2 is 2.14 bits per heavy atom. The highest BCUT2D eigenvalue weighted by atomic mass is 79.9. The van der Waals surface area contributed by atoms with Crippen molar-refractivity contribution in [2.45, 2.75) is 18.9 Å². The topological polar surface area (TPSA) is 58.2 Å². The largest absolute Gasteiger partial charge is 0.322 e. The van der Waals surface area contributed by atoms with Crippen LogP contribution in [0.4, 0.5) is 4.79 Å². The van der Waals surface area contributed by atoms with Gasteiger partial charge in [-0.3, -0.25) is 10.1 Å². The molecule has 108 valence electrons. The van der Waals surface area contributed by atoms with Gasteiger partial charge in [-0.1, -0.05) is 53.2 Å². The highest BCUT2D eigenvalue weighted by Gasteiger charge is 2.50. The molecule has 0 spiro atoms. The first-order valence-corrected chi connectivity index (χ1v) is 7.59. The van der Waals surface area contributed by atoms with Gasteiger partial charge >= 0.3 is 6.03 Å². The Morgan fingerprint density at radius 3 is 2.76 bits per heavy atom. The minimum atomic E-state index is -1.11. The summed E-state index contributed by atoms with van der Waals surface area (Å²) < 4.78 is 0.869. The van der Waals surface area contributed by atoms with Gasteiger partial charge in [-0.2, -0.15) is 0 Å². The number of rotatable bonds is 2. The van der Waals surface area contributed by atoms with Crippen LogP contribution < -0.4 is 10.6 Å². The van der Waals surface area contributed by atoms with E-state index in [9.17, 15) is 9.59 Å². The molecule has 5 heteroatoms. The number of carbonyl (C=O) groups excluding carboxylic acids is 2. The molecule has 1 aromatic rings. The maximum Gasteiger partial charge on any atom is 0.322 e. The lowest BCUT2D eigenvalue weighted by Crippen LogP contribution is -2.46. The molecule has 2 unspecified atom stereocenters. The molecule has 2 N–H and O–H groups in total. The summed E-state index contributed by atoms with van der Waals surface area (Å²) in [5, 5.41) is 5.20. The Morgan fingerprint density at radius 1 is 1.33 bits per heavy atom. The van der Waals surface area contributed by atoms with Crippen molar-refractivity contribution in [2.24, 2.45) is 5.92 Å². The summed E-state index contributed by atoms with van der Waals surface area (Å²) in [6.07, 6.45) is 6.69. The van der Waals surface area contributed by atoms with Crippen molar-refractivity contribution in [1.82, 2.24) is 10.6 Å². The summed E-state index contributed by atoms with van der Waals surface area (Å²) >= 11 is 3.43. The van der Waals surface area contributed by atoms with Gasteiger partial charge in [0.2, 0.25) is 0 Å². The average molecular weight is 347 g/mol. The number of hydrogen-bond donors (Lipinski definition) is 2. The van der Waals surface area contributed by atoms with Crippen molar-refractivity contribution < 1.29 is 9.59 Å². The molecule has 0 radical (unpaired) electrons. The van der Waals surface area contributed by atoms with Gasteiger partial charge in [0.1, 0.15) is 0 Å². The van der Waals surface area contributed by atoms with E-state index in [1.807, 2.05) is 36.4 Å². The second-order valence-electron chi connectivity index (χ2n) is 5.43. The number of imide groups is 1. The predicted octanol–water partition coefficient (Wildman–Crippen LogP) is 3.01. The molecule has 2 aliphatic rings. The van der Waals surface area contributed by atoms with E-state index in [1.54, 1.807) is 0 Å². The molecule has 1 heterocycles. The minimum absolute atomic E-state index is 0.320. The highest BCUT2D eigenvalue weighted by Crippen LogP contribution is 2.38. The predicted molar refractivity (Wildman–Crippen MR) is 83.5 cm³/mol. The molecule has 3 amide bonds. The molecular weight excluding hydrogens is 332 g/mol. The zero-order valence-corrected chi connectivity index (χ0v) is 13.1. The molecule has 0 aromatic heterocycles. The maximum absolute atomic E-state index is 12.5. The Labute approximate surface area is 131 Å². The summed E-state index contributed by atoms with van der Waals surface area (Å²) in [5.74, 6) is 0.0127. The van der Waals surface area contributed by atoms with Crippen LogP contribution in [0, 0.1) is 5.92 Å². The van der Waals surface area contributed by atoms with Crippen molar-refractivity contribution in [3.8, 4) is 0 Å². The smallest absolute Gasteiger partial charge is 0.316 e. The van der Waals surface area contributed by atoms with Gasteiger partial charge < -0.3 is 5.32 Å². The average Bonchev–Trinajstić information content (AvgIpc) is 2.74. The lowest BCUT2D eigenvalue weighted by molar-refractivity contribution is -0.123. The van der Waals surface area contributed by atoms with Crippen LogP contribution in [0.25, 0.3) is 0 Å². The van der Waals surface area contributed by atoms with Crippen molar-refractivity contribution in [1.29, 1.82) is 0 Å². The lowest BCUT2D eigenvalue weighted by Gasteiger charge is -2.32. The van der Waals surface area contributed by atoms with Gasteiger partial charge in [0.15, 0.2) is 5.54 Å². The zero-order valence-electron chi connectivity index (χ0n) is 11.5. The van der Waals surface area contributed by atoms with Crippen LogP contribution in [0.1, 0.15) is 18.9 Å². The van der Waals surface area contributed by atoms with Crippen LogP contribution in [0.15, 0.2) is 52.5 Å². The van der Waals surface area contributed by atoms with E-state index < -0.39 is 11.6 Å². The van der Waals surface area contributed by atoms with E-state index in [1.165, 1.54) is 0 Å². The van der Waals surface area contributed by atoms with E-state index >= 15 is 0 Å². The third-order valence-corrected chi connectivity index (χ3v) is 4.38. The monoisotopic (exact) mass is 346 g/mol. The number of benzene rings is 1. The molecule has 1 fully saturated rings. The van der Waals surface area contributed by atoms with Crippen molar-refractivity contribution in [3.63, 3.8) is 0 Å². The zero-order chi connectivity index (χ0) is 15.0. The molecule has 1 aliphatic heterocycles. The number of hydrogen-bond acceptors (Lipinski definition) is 2. The first-order chi connectivity index (χ1) is 10.0. The molecule has 4 nitrogen and oxygen atoms in total. The number of urea groups is 1. The van der Waals surface area contributed by atoms with Crippen LogP contribution in [0.2, 0.25) is 0 Å². The van der Waals surface area contributed by atoms with Crippen molar-refractivity contribution in [2.75, 3.05) is 0 Å². The summed E-state index contributed by atoms with van der Waals surface area (Å²) in [6, 6.07) is 7.03. The Kier molecular flexibility index (Phi) is 3.45. The lowest BCUT2D eigenvalue weighted by atomic mass is 9.77. The molecule has 1 aromatic carbocycles. The van der Waals surface area contributed by atoms with E-state index in [-0.39, 0.29) is 5.91 Å². The van der Waals surface area contributed by atoms with Crippen molar-refractivity contribution >= 4 is 27.9 Å². The SMILES string of the molecule is CC1C=CC=C(C2(c3cccc(Br)c3)NC(=O)NC2=O)C1. The number of nitrogens with one attached hydrogen (secondary N) is 2. The fourth-order valence-electron chi connectivity index (χ4n) is 2.91. The fourth-order valence-corrected chi connectivity index (χ4v) is 3.31. The minimum Gasteiger partial charge on any atom is -0.316 e. The molecular formula is C16H15BrN2O2. The molecule has 0 bridgehead atoms. The summed E-state index contributed by atoms with van der Waals surface area (Å²) in [6.45, 7) is 2.09. The summed E-state index contributed by atoms with van der Waals surface area (Å²) in [4.78, 5) is 24.3. The van der Waals surface area contributed by atoms with Crippen LogP contribution >= 0.6 is 15.9 Å². The molecule has 1 saturated heterocycles. The molecule has 21 heavy (non-hydrogen) atoms. The molecule has 2 atom stereocenters. The maximum atomic E-state index is 12.5. The second kappa shape index (κ2) is 5.15. The Hall–Kier alpha value is -1.88. The van der Waals surface area contributed by atoms with Gasteiger partial charge in [0.05, 0.1) is 0 Å². The third kappa shape index (κ3) is 2.31. The fraction of sp³-hybridized carbons (Fsp3) is 0.250. The van der Waals surface area contributed by atoms with Crippen LogP contribution in [0.3, 0.4) is 0 Å². The first-order valence-electron chi connectivity index (χ1n) is 6.80. The van der Waals surface area contributed by atoms with Gasteiger partial charge in [0, 0.05) is 4.47 Å². The highest BCUT2D eigenvalue weighted by molar-refractivity contribution is 9.10. The standard InChI is InChI=1S/C16H15BrN2O2/c1-10-4-2-5-11(8-10)16(14(20)18-15(21)19-16)12-6-3-7-13(17)9-12/h2-7,9-10H,8H2,1H3,(H2,18,19,20,21). The quantitative estimate of drug-likeness (QED) is 0.808. The summed E-state index contributed by atoms with van der Waals surface area (Å²) in [7, 11) is 0. The molecule has 0 saturated carbocycles. The molecule has 3 rings (SSSR count). The van der Waals surface area contributed by atoms with E-state index in [4.69, 9.17) is 0 Å². The first kappa shape index (κ1) is 14.1. The second-order valence-corrected chi connectivity index (χ2v) is 6.34. The van der Waals surface area contributed by atoms with Crippen LogP contribution in [-0.2, 0) is 10.3 Å². The van der Waals surface area contributed by atoms with Gasteiger partial charge in [-0.25, -0.2) is 4.79 Å². The van der Waals surface area contributed by atoms with E-state index in [2.05, 4.69) is 39.6 Å². The normalized spacial score (nSPS) is 28.1.